The highest BCUT2D eigenvalue weighted by atomic mass is 16.5. The standard InChI is InChI=1S/C33H26O11/c1-13-6-15-23(19(34)7-13)30(38)26-17(28(15)36)10-21(43-5)27-25-18(11-33(2,40)12-22(35)44-32(26)27)29(37)16-8-14(41-3)9-20(42-4)24(16)31(25)39/h6-10,34,40H,11-12H2,1-5H3/t33-/m1/s1. The number of hydrogen-bond acceptors (Lipinski definition) is 11. The van der Waals surface area contributed by atoms with Gasteiger partial charge in [0.25, 0.3) is 0 Å². The third-order valence-corrected chi connectivity index (χ3v) is 8.03. The first-order valence-electron chi connectivity index (χ1n) is 13.5. The fourth-order valence-corrected chi connectivity index (χ4v) is 6.15. The maximum atomic E-state index is 14.5. The van der Waals surface area contributed by atoms with E-state index in [4.69, 9.17) is 18.9 Å². The topological polar surface area (TPSA) is 163 Å². The van der Waals surface area contributed by atoms with Crippen LogP contribution in [0.5, 0.6) is 28.7 Å². The van der Waals surface area contributed by atoms with E-state index in [1.165, 1.54) is 58.6 Å². The lowest BCUT2D eigenvalue weighted by Crippen LogP contribution is -2.33. The van der Waals surface area contributed by atoms with E-state index in [-0.39, 0.29) is 61.8 Å². The van der Waals surface area contributed by atoms with E-state index >= 15 is 0 Å². The molecule has 1 atom stereocenters. The number of carbonyl (C=O) groups excluding carboxylic acids is 5. The number of rotatable bonds is 3. The number of phenolic OH excluding ortho intramolecular Hbond substituents is 1. The van der Waals surface area contributed by atoms with Crippen molar-refractivity contribution in [3.05, 3.63) is 80.4 Å². The number of aromatic hydroxyl groups is 1. The van der Waals surface area contributed by atoms with Crippen molar-refractivity contribution in [3.8, 4) is 28.7 Å². The van der Waals surface area contributed by atoms with E-state index in [1.807, 2.05) is 0 Å². The van der Waals surface area contributed by atoms with E-state index in [0.717, 1.165) is 0 Å². The minimum absolute atomic E-state index is 0.0202. The molecular weight excluding hydrogens is 572 g/mol. The number of phenols is 1. The minimum atomic E-state index is -1.87. The van der Waals surface area contributed by atoms with Gasteiger partial charge in [0.1, 0.15) is 23.0 Å². The fraction of sp³-hybridized carbons (Fsp3) is 0.242. The van der Waals surface area contributed by atoms with Gasteiger partial charge in [-0.3, -0.25) is 24.0 Å². The number of ether oxygens (including phenoxy) is 4. The molecule has 0 amide bonds. The first-order chi connectivity index (χ1) is 20.8. The molecule has 1 aliphatic heterocycles. The molecule has 2 N–H and O–H groups in total. The predicted molar refractivity (Wildman–Crippen MR) is 153 cm³/mol. The van der Waals surface area contributed by atoms with Crippen molar-refractivity contribution in [3.63, 3.8) is 0 Å². The summed E-state index contributed by atoms with van der Waals surface area (Å²) < 4.78 is 22.1. The number of benzene rings is 3. The van der Waals surface area contributed by atoms with Gasteiger partial charge in [-0.05, 0) is 43.7 Å². The van der Waals surface area contributed by atoms with Gasteiger partial charge in [-0.2, -0.15) is 0 Å². The number of esters is 1. The zero-order valence-electron chi connectivity index (χ0n) is 24.4. The van der Waals surface area contributed by atoms with Crippen LogP contribution in [0.4, 0.5) is 0 Å². The number of allylic oxidation sites excluding steroid dienone is 1. The van der Waals surface area contributed by atoms with Gasteiger partial charge in [0.15, 0.2) is 23.1 Å². The number of aryl methyl sites for hydroxylation is 1. The molecule has 3 aromatic rings. The summed E-state index contributed by atoms with van der Waals surface area (Å²) in [4.78, 5) is 69.8. The Morgan fingerprint density at radius 3 is 2.00 bits per heavy atom. The highest BCUT2D eigenvalue weighted by Gasteiger charge is 2.46. The molecule has 1 heterocycles. The molecule has 3 aliphatic rings. The number of ketones is 4. The largest absolute Gasteiger partial charge is 0.507 e. The molecule has 0 unspecified atom stereocenters. The van der Waals surface area contributed by atoms with Crippen molar-refractivity contribution in [2.75, 3.05) is 21.3 Å². The third kappa shape index (κ3) is 4.11. The second-order valence-electron chi connectivity index (χ2n) is 11.2. The van der Waals surface area contributed by atoms with E-state index in [9.17, 15) is 34.2 Å². The van der Waals surface area contributed by atoms with Gasteiger partial charge in [0, 0.05) is 40.3 Å². The summed E-state index contributed by atoms with van der Waals surface area (Å²) in [5.41, 5.74) is -3.16. The highest BCUT2D eigenvalue weighted by molar-refractivity contribution is 6.43. The van der Waals surface area contributed by atoms with Gasteiger partial charge >= 0.3 is 5.97 Å². The quantitative estimate of drug-likeness (QED) is 0.261. The first-order valence-corrected chi connectivity index (χ1v) is 13.5. The van der Waals surface area contributed by atoms with Crippen LogP contribution in [-0.2, 0) is 4.79 Å². The van der Waals surface area contributed by atoms with Crippen molar-refractivity contribution in [1.82, 2.24) is 0 Å². The van der Waals surface area contributed by atoms with Crippen molar-refractivity contribution in [2.24, 2.45) is 0 Å². The molecule has 0 saturated heterocycles. The Hall–Kier alpha value is -5.29. The lowest BCUT2D eigenvalue weighted by Gasteiger charge is -2.28. The van der Waals surface area contributed by atoms with Crippen molar-refractivity contribution >= 4 is 34.7 Å². The van der Waals surface area contributed by atoms with Gasteiger partial charge in [0.05, 0.1) is 55.6 Å². The molecule has 44 heavy (non-hydrogen) atoms. The Labute approximate surface area is 250 Å². The van der Waals surface area contributed by atoms with E-state index in [0.29, 0.717) is 5.56 Å². The average molecular weight is 599 g/mol. The first kappa shape index (κ1) is 28.8. The summed E-state index contributed by atoms with van der Waals surface area (Å²) in [6.45, 7) is 2.96. The molecule has 0 spiro atoms. The maximum Gasteiger partial charge on any atom is 0.314 e. The molecule has 0 saturated carbocycles. The zero-order valence-corrected chi connectivity index (χ0v) is 24.4. The normalized spacial score (nSPS) is 19.0. The van der Waals surface area contributed by atoms with E-state index in [1.54, 1.807) is 6.92 Å². The highest BCUT2D eigenvalue weighted by Crippen LogP contribution is 2.51. The molecule has 11 nitrogen and oxygen atoms in total. The van der Waals surface area contributed by atoms with Crippen molar-refractivity contribution in [2.45, 2.75) is 32.3 Å². The van der Waals surface area contributed by atoms with Crippen LogP contribution in [0.1, 0.15) is 83.5 Å². The summed E-state index contributed by atoms with van der Waals surface area (Å²) >= 11 is 0. The van der Waals surface area contributed by atoms with Crippen LogP contribution in [0.2, 0.25) is 0 Å². The summed E-state index contributed by atoms with van der Waals surface area (Å²) in [5, 5.41) is 22.0. The van der Waals surface area contributed by atoms with Gasteiger partial charge in [-0.25, -0.2) is 0 Å². The van der Waals surface area contributed by atoms with Gasteiger partial charge in [-0.15, -0.1) is 0 Å². The minimum Gasteiger partial charge on any atom is -0.507 e. The van der Waals surface area contributed by atoms with Gasteiger partial charge < -0.3 is 29.2 Å². The molecular formula is C33H26O11. The van der Waals surface area contributed by atoms with Crippen LogP contribution in [0.3, 0.4) is 0 Å². The molecule has 3 aromatic carbocycles. The second-order valence-corrected chi connectivity index (χ2v) is 11.2. The van der Waals surface area contributed by atoms with Gasteiger partial charge in [0.2, 0.25) is 5.78 Å². The number of methoxy groups -OCH3 is 3. The van der Waals surface area contributed by atoms with Crippen LogP contribution >= 0.6 is 0 Å². The molecule has 0 fully saturated rings. The molecule has 11 heteroatoms. The number of hydrogen-bond donors (Lipinski definition) is 2. The molecule has 2 aliphatic carbocycles. The molecule has 0 radical (unpaired) electrons. The van der Waals surface area contributed by atoms with Gasteiger partial charge in [-0.1, -0.05) is 0 Å². The summed E-state index contributed by atoms with van der Waals surface area (Å²) in [6, 6.07) is 6.81. The Kier molecular flexibility index (Phi) is 6.47. The summed E-state index contributed by atoms with van der Waals surface area (Å²) in [5.74, 6) is -4.74. The summed E-state index contributed by atoms with van der Waals surface area (Å²) in [6.07, 6.45) is -1.08. The number of Topliss-reactive ketones (excluding diaryl/α,β-unsaturated/α-hetero) is 2. The van der Waals surface area contributed by atoms with Crippen LogP contribution in [0.15, 0.2) is 35.9 Å². The third-order valence-electron chi connectivity index (χ3n) is 8.03. The lowest BCUT2D eigenvalue weighted by atomic mass is 9.74. The number of aliphatic hydroxyl groups is 1. The smallest absolute Gasteiger partial charge is 0.314 e. The molecule has 224 valence electrons. The molecule has 0 bridgehead atoms. The Morgan fingerprint density at radius 2 is 1.34 bits per heavy atom. The average Bonchev–Trinajstić information content (AvgIpc) is 3.01. The van der Waals surface area contributed by atoms with Crippen LogP contribution in [0.25, 0.3) is 5.57 Å². The monoisotopic (exact) mass is 598 g/mol. The zero-order chi connectivity index (χ0) is 31.8. The second kappa shape index (κ2) is 9.88. The molecule has 0 aromatic heterocycles. The van der Waals surface area contributed by atoms with E-state index < -0.39 is 64.6 Å². The summed E-state index contributed by atoms with van der Waals surface area (Å²) in [7, 11) is 3.95. The van der Waals surface area contributed by atoms with Crippen molar-refractivity contribution in [1.29, 1.82) is 0 Å². The van der Waals surface area contributed by atoms with Crippen LogP contribution in [-0.4, -0.2) is 66.2 Å². The fourth-order valence-electron chi connectivity index (χ4n) is 6.15. The Bertz CT molecular complexity index is 1930. The number of fused-ring (bicyclic) bond motifs is 6. The Balaban J connectivity index is 1.74. The van der Waals surface area contributed by atoms with E-state index in [2.05, 4.69) is 0 Å². The maximum absolute atomic E-state index is 14.5. The molecule has 6 rings (SSSR count). The predicted octanol–water partition coefficient (Wildman–Crippen LogP) is 3.78. The van der Waals surface area contributed by atoms with Crippen molar-refractivity contribution < 1.29 is 53.1 Å². The van der Waals surface area contributed by atoms with Crippen LogP contribution in [0, 0.1) is 6.92 Å². The SMILES string of the molecule is COc1cc(OC)c2c(c1)C(=O)C1=C(C2=O)c2c(OC)cc3c(c2OC(=O)C[C@](C)(O)C1)C(=O)c1c(O)cc(C)cc1C3=O. The van der Waals surface area contributed by atoms with Crippen LogP contribution < -0.4 is 18.9 Å². The lowest BCUT2D eigenvalue weighted by molar-refractivity contribution is -0.139. The number of carbonyl (C=O) groups is 5. The Morgan fingerprint density at radius 1 is 0.705 bits per heavy atom.